The molecule has 0 unspecified atom stereocenters. The van der Waals surface area contributed by atoms with E-state index >= 15 is 0 Å². The Kier molecular flexibility index (Phi) is 7.43. The van der Waals surface area contributed by atoms with Crippen LogP contribution in [0.25, 0.3) is 11.1 Å². The minimum atomic E-state index is 0.750. The van der Waals surface area contributed by atoms with Gasteiger partial charge in [-0.2, -0.15) is 0 Å². The van der Waals surface area contributed by atoms with Gasteiger partial charge >= 0.3 is 0 Å². The SMILES string of the molecule is C1COCN1.c1ccc(C(=C(c2ccccc2)c2ccccc2)c2ccccc2)cc1. The normalized spacial score (nSPS) is 12.5. The Bertz CT molecular complexity index is 895. The summed E-state index contributed by atoms with van der Waals surface area (Å²) in [7, 11) is 0. The Labute approximate surface area is 184 Å². The molecule has 1 saturated heterocycles. The summed E-state index contributed by atoms with van der Waals surface area (Å²) < 4.78 is 4.83. The number of hydrogen-bond donors (Lipinski definition) is 1. The first kappa shape index (κ1) is 20.8. The van der Waals surface area contributed by atoms with Crippen molar-refractivity contribution in [3.8, 4) is 0 Å². The predicted octanol–water partition coefficient (Wildman–Crippen LogP) is 6.26. The zero-order valence-corrected chi connectivity index (χ0v) is 17.6. The van der Waals surface area contributed by atoms with Crippen LogP contribution in [0.3, 0.4) is 0 Å². The van der Waals surface area contributed by atoms with E-state index in [0.29, 0.717) is 0 Å². The maximum Gasteiger partial charge on any atom is 0.0966 e. The molecule has 4 aromatic carbocycles. The molecule has 0 aliphatic carbocycles. The van der Waals surface area contributed by atoms with Crippen LogP contribution in [0.15, 0.2) is 121 Å². The lowest BCUT2D eigenvalue weighted by molar-refractivity contribution is 0.194. The summed E-state index contributed by atoms with van der Waals surface area (Å²) in [5.74, 6) is 0. The van der Waals surface area contributed by atoms with Gasteiger partial charge in [-0.1, -0.05) is 121 Å². The first-order chi connectivity index (χ1) is 15.4. The fourth-order valence-corrected chi connectivity index (χ4v) is 3.69. The highest BCUT2D eigenvalue weighted by atomic mass is 16.5. The van der Waals surface area contributed by atoms with Crippen molar-refractivity contribution in [2.24, 2.45) is 0 Å². The Morgan fingerprint density at radius 1 is 0.484 bits per heavy atom. The lowest BCUT2D eigenvalue weighted by Gasteiger charge is -2.18. The average molecular weight is 406 g/mol. The van der Waals surface area contributed by atoms with Gasteiger partial charge in [-0.15, -0.1) is 0 Å². The Hall–Kier alpha value is -3.46. The number of benzene rings is 4. The van der Waals surface area contributed by atoms with E-state index in [1.807, 2.05) is 0 Å². The molecule has 0 aromatic heterocycles. The van der Waals surface area contributed by atoms with Crippen molar-refractivity contribution in [1.29, 1.82) is 0 Å². The Morgan fingerprint density at radius 2 is 0.806 bits per heavy atom. The monoisotopic (exact) mass is 405 g/mol. The summed E-state index contributed by atoms with van der Waals surface area (Å²) in [6.07, 6.45) is 0. The van der Waals surface area contributed by atoms with E-state index in [1.54, 1.807) is 0 Å². The quantitative estimate of drug-likeness (QED) is 0.405. The molecule has 5 rings (SSSR count). The van der Waals surface area contributed by atoms with Gasteiger partial charge in [0.25, 0.3) is 0 Å². The smallest absolute Gasteiger partial charge is 0.0966 e. The fraction of sp³-hybridized carbons (Fsp3) is 0.103. The molecule has 0 saturated carbocycles. The molecule has 0 spiro atoms. The molecule has 0 bridgehead atoms. The molecule has 2 heteroatoms. The third-order valence-electron chi connectivity index (χ3n) is 5.13. The number of hydrogen-bond acceptors (Lipinski definition) is 2. The van der Waals surface area contributed by atoms with Crippen LogP contribution in [-0.2, 0) is 4.74 Å². The molecule has 1 N–H and O–H groups in total. The summed E-state index contributed by atoms with van der Waals surface area (Å²) in [6.45, 7) is 2.67. The van der Waals surface area contributed by atoms with Crippen LogP contribution in [0.5, 0.6) is 0 Å². The summed E-state index contributed by atoms with van der Waals surface area (Å²) in [6, 6.07) is 42.6. The molecule has 0 radical (unpaired) electrons. The predicted molar refractivity (Wildman–Crippen MR) is 130 cm³/mol. The van der Waals surface area contributed by atoms with Gasteiger partial charge in [0.05, 0.1) is 13.3 Å². The van der Waals surface area contributed by atoms with Gasteiger partial charge in [0.1, 0.15) is 0 Å². The van der Waals surface area contributed by atoms with E-state index in [4.69, 9.17) is 4.74 Å². The highest BCUT2D eigenvalue weighted by molar-refractivity contribution is 6.04. The largest absolute Gasteiger partial charge is 0.365 e. The van der Waals surface area contributed by atoms with E-state index < -0.39 is 0 Å². The molecule has 2 nitrogen and oxygen atoms in total. The molecule has 0 amide bonds. The van der Waals surface area contributed by atoms with Crippen LogP contribution in [0.1, 0.15) is 22.3 Å². The minimum absolute atomic E-state index is 0.750. The zero-order chi connectivity index (χ0) is 21.1. The summed E-state index contributed by atoms with van der Waals surface area (Å²) >= 11 is 0. The van der Waals surface area contributed by atoms with Crippen LogP contribution >= 0.6 is 0 Å². The van der Waals surface area contributed by atoms with Gasteiger partial charge in [-0.25, -0.2) is 0 Å². The number of rotatable bonds is 4. The Morgan fingerprint density at radius 3 is 1.00 bits per heavy atom. The maximum atomic E-state index is 4.83. The lowest BCUT2D eigenvalue weighted by atomic mass is 9.86. The van der Waals surface area contributed by atoms with Crippen molar-refractivity contribution in [3.63, 3.8) is 0 Å². The third kappa shape index (κ3) is 5.58. The molecule has 1 heterocycles. The molecule has 4 aromatic rings. The summed E-state index contributed by atoms with van der Waals surface area (Å²) in [5.41, 5.74) is 7.40. The van der Waals surface area contributed by atoms with Crippen LogP contribution < -0.4 is 5.32 Å². The van der Waals surface area contributed by atoms with Gasteiger partial charge < -0.3 is 4.74 Å². The second-order valence-electron chi connectivity index (χ2n) is 7.27. The first-order valence-electron chi connectivity index (χ1n) is 10.7. The van der Waals surface area contributed by atoms with Gasteiger partial charge in [-0.3, -0.25) is 5.32 Å². The zero-order valence-electron chi connectivity index (χ0n) is 17.6. The molecule has 1 aliphatic heterocycles. The van der Waals surface area contributed by atoms with Crippen LogP contribution in [-0.4, -0.2) is 19.9 Å². The van der Waals surface area contributed by atoms with Gasteiger partial charge in [-0.05, 0) is 33.4 Å². The lowest BCUT2D eigenvalue weighted by Crippen LogP contribution is -2.05. The second-order valence-corrected chi connectivity index (χ2v) is 7.27. The van der Waals surface area contributed by atoms with E-state index in [1.165, 1.54) is 33.4 Å². The van der Waals surface area contributed by atoms with E-state index in [-0.39, 0.29) is 0 Å². The molecule has 154 valence electrons. The second kappa shape index (κ2) is 11.1. The van der Waals surface area contributed by atoms with Gasteiger partial charge in [0.15, 0.2) is 0 Å². The van der Waals surface area contributed by atoms with Crippen molar-refractivity contribution in [2.75, 3.05) is 19.9 Å². The average Bonchev–Trinajstić information content (AvgIpc) is 3.45. The van der Waals surface area contributed by atoms with E-state index in [9.17, 15) is 0 Å². The van der Waals surface area contributed by atoms with E-state index in [2.05, 4.69) is 127 Å². The topological polar surface area (TPSA) is 21.3 Å². The number of nitrogens with one attached hydrogen (secondary N) is 1. The summed E-state index contributed by atoms with van der Waals surface area (Å²) in [4.78, 5) is 0. The van der Waals surface area contributed by atoms with Crippen LogP contribution in [0.4, 0.5) is 0 Å². The summed E-state index contributed by atoms with van der Waals surface area (Å²) in [5, 5.41) is 3.00. The molecular weight excluding hydrogens is 378 g/mol. The van der Waals surface area contributed by atoms with Crippen molar-refractivity contribution < 1.29 is 4.74 Å². The van der Waals surface area contributed by atoms with Crippen molar-refractivity contribution in [1.82, 2.24) is 5.32 Å². The number of ether oxygens (including phenoxy) is 1. The first-order valence-corrected chi connectivity index (χ1v) is 10.7. The highest BCUT2D eigenvalue weighted by Gasteiger charge is 2.15. The molecular formula is C29H27NO. The van der Waals surface area contributed by atoms with Crippen molar-refractivity contribution in [2.45, 2.75) is 0 Å². The highest BCUT2D eigenvalue weighted by Crippen LogP contribution is 2.36. The van der Waals surface area contributed by atoms with E-state index in [0.717, 1.165) is 19.9 Å². The molecule has 0 atom stereocenters. The Balaban J connectivity index is 0.000000407. The van der Waals surface area contributed by atoms with Crippen molar-refractivity contribution >= 4 is 11.1 Å². The standard InChI is InChI=1S/C26H20.C3H7NO/c1-5-13-21(14-6-1)25(22-15-7-2-8-16-22)26(23-17-9-3-10-18-23)24-19-11-4-12-20-24;1-2-5-3-4-1/h1-20H;4H,1-3H2. The molecule has 1 fully saturated rings. The van der Waals surface area contributed by atoms with Crippen LogP contribution in [0, 0.1) is 0 Å². The van der Waals surface area contributed by atoms with Gasteiger partial charge in [0, 0.05) is 6.54 Å². The van der Waals surface area contributed by atoms with Gasteiger partial charge in [0.2, 0.25) is 0 Å². The molecule has 1 aliphatic rings. The van der Waals surface area contributed by atoms with Crippen LogP contribution in [0.2, 0.25) is 0 Å². The minimum Gasteiger partial charge on any atom is -0.365 e. The fourth-order valence-electron chi connectivity index (χ4n) is 3.69. The van der Waals surface area contributed by atoms with Crippen molar-refractivity contribution in [3.05, 3.63) is 144 Å². The molecule has 31 heavy (non-hydrogen) atoms. The third-order valence-corrected chi connectivity index (χ3v) is 5.13. The maximum absolute atomic E-state index is 4.83.